The van der Waals surface area contributed by atoms with Gasteiger partial charge in [-0.2, -0.15) is 5.10 Å². The molecule has 2 fully saturated rings. The van der Waals surface area contributed by atoms with Crippen molar-refractivity contribution in [2.45, 2.75) is 44.6 Å². The van der Waals surface area contributed by atoms with E-state index in [1.807, 2.05) is 17.0 Å². The highest BCUT2D eigenvalue weighted by Crippen LogP contribution is 2.26. The number of carbonyl (C=O) groups is 3. The summed E-state index contributed by atoms with van der Waals surface area (Å²) in [6.45, 7) is 1.93. The molecule has 2 saturated heterocycles. The molecule has 1 aromatic heterocycles. The van der Waals surface area contributed by atoms with Crippen LogP contribution in [0.2, 0.25) is 0 Å². The molecule has 0 radical (unpaired) electrons. The van der Waals surface area contributed by atoms with Crippen LogP contribution in [0.25, 0.3) is 5.69 Å². The number of nitrogens with zero attached hydrogens (tertiary/aromatic N) is 4. The Kier molecular flexibility index (Phi) is 6.43. The monoisotopic (exact) mass is 439 g/mol. The first-order valence-electron chi connectivity index (χ1n) is 11.1. The molecule has 170 valence electrons. The number of Topliss-reactive ketones (excluding diaryl/α,β-unsaturated/α-hetero) is 1. The van der Waals surface area contributed by atoms with Crippen LogP contribution in [0.4, 0.5) is 5.82 Å². The molecule has 1 aromatic carbocycles. The Labute approximate surface area is 187 Å². The van der Waals surface area contributed by atoms with Crippen LogP contribution in [0.3, 0.4) is 0 Å². The third-order valence-electron chi connectivity index (χ3n) is 6.25. The van der Waals surface area contributed by atoms with Crippen molar-refractivity contribution in [3.05, 3.63) is 36.0 Å². The number of ether oxygens (including phenoxy) is 1. The van der Waals surface area contributed by atoms with E-state index in [1.54, 1.807) is 24.1 Å². The number of nitrogens with two attached hydrogens (primary N) is 1. The highest BCUT2D eigenvalue weighted by Gasteiger charge is 2.36. The van der Waals surface area contributed by atoms with Crippen molar-refractivity contribution < 1.29 is 19.1 Å². The van der Waals surface area contributed by atoms with E-state index < -0.39 is 6.04 Å². The molecule has 1 atom stereocenters. The lowest BCUT2D eigenvalue weighted by Crippen LogP contribution is -2.41. The van der Waals surface area contributed by atoms with E-state index in [0.717, 1.165) is 25.1 Å². The lowest BCUT2D eigenvalue weighted by Gasteiger charge is -2.24. The maximum Gasteiger partial charge on any atom is 0.223 e. The van der Waals surface area contributed by atoms with Crippen molar-refractivity contribution in [3.63, 3.8) is 0 Å². The summed E-state index contributed by atoms with van der Waals surface area (Å²) >= 11 is 0. The van der Waals surface area contributed by atoms with Gasteiger partial charge in [-0.3, -0.25) is 14.4 Å². The first-order chi connectivity index (χ1) is 15.5. The molecule has 32 heavy (non-hydrogen) atoms. The number of nitrogen functional groups attached to an aromatic ring is 1. The first kappa shape index (κ1) is 21.9. The summed E-state index contributed by atoms with van der Waals surface area (Å²) in [5.41, 5.74) is 7.31. The number of rotatable bonds is 8. The number of likely N-dealkylation sites (tertiary alicyclic amines) is 2. The molecule has 0 unspecified atom stereocenters. The van der Waals surface area contributed by atoms with Gasteiger partial charge in [-0.25, -0.2) is 4.68 Å². The quantitative estimate of drug-likeness (QED) is 0.630. The van der Waals surface area contributed by atoms with Crippen LogP contribution in [-0.2, 0) is 9.59 Å². The molecular formula is C23H29N5O4. The van der Waals surface area contributed by atoms with E-state index in [-0.39, 0.29) is 23.4 Å². The Morgan fingerprint density at radius 2 is 1.97 bits per heavy atom. The number of amides is 2. The van der Waals surface area contributed by atoms with Gasteiger partial charge in [0, 0.05) is 32.5 Å². The standard InChI is InChI=1S/C23H29N5O4/c1-32-17-10-8-16(9-11-17)28-23(24)18(15-25-28)22(31)19-5-2-14-27(19)21(30)7-4-13-26-12-3-6-20(26)29/h8-11,15,19H,2-7,12-14,24H2,1H3/t19-/m1/s1. The van der Waals surface area contributed by atoms with E-state index in [9.17, 15) is 14.4 Å². The minimum atomic E-state index is -0.522. The van der Waals surface area contributed by atoms with Crippen molar-refractivity contribution in [2.24, 2.45) is 0 Å². The van der Waals surface area contributed by atoms with Crippen LogP contribution >= 0.6 is 0 Å². The number of hydrogen-bond acceptors (Lipinski definition) is 6. The molecule has 2 aliphatic rings. The number of benzene rings is 1. The van der Waals surface area contributed by atoms with E-state index in [2.05, 4.69) is 5.10 Å². The molecule has 0 saturated carbocycles. The minimum Gasteiger partial charge on any atom is -0.497 e. The van der Waals surface area contributed by atoms with Gasteiger partial charge in [-0.05, 0) is 49.9 Å². The van der Waals surface area contributed by atoms with Crippen molar-refractivity contribution in [3.8, 4) is 11.4 Å². The van der Waals surface area contributed by atoms with Crippen LogP contribution in [0.15, 0.2) is 30.5 Å². The average molecular weight is 440 g/mol. The van der Waals surface area contributed by atoms with Crippen LogP contribution in [0.1, 0.15) is 48.9 Å². The molecule has 9 heteroatoms. The Balaban J connectivity index is 1.41. The largest absolute Gasteiger partial charge is 0.497 e. The van der Waals surface area contributed by atoms with E-state index >= 15 is 0 Å². The van der Waals surface area contributed by atoms with Crippen LogP contribution in [0, 0.1) is 0 Å². The number of carbonyl (C=O) groups excluding carboxylic acids is 3. The summed E-state index contributed by atoms with van der Waals surface area (Å²) in [5.74, 6) is 0.907. The average Bonchev–Trinajstić information content (AvgIpc) is 3.54. The summed E-state index contributed by atoms with van der Waals surface area (Å²) in [6.07, 6.45) is 5.29. The van der Waals surface area contributed by atoms with Gasteiger partial charge < -0.3 is 20.3 Å². The topological polar surface area (TPSA) is 111 Å². The van der Waals surface area contributed by atoms with Crippen LogP contribution in [0.5, 0.6) is 5.75 Å². The molecule has 4 rings (SSSR count). The normalized spacial score (nSPS) is 18.4. The second-order valence-corrected chi connectivity index (χ2v) is 8.25. The van der Waals surface area contributed by atoms with Gasteiger partial charge in [0.1, 0.15) is 11.6 Å². The fourth-order valence-corrected chi connectivity index (χ4v) is 4.50. The molecule has 0 aliphatic carbocycles. The second kappa shape index (κ2) is 9.42. The van der Waals surface area contributed by atoms with Gasteiger partial charge in [-0.15, -0.1) is 0 Å². The van der Waals surface area contributed by atoms with E-state index in [1.165, 1.54) is 10.9 Å². The number of aromatic nitrogens is 2. The maximum absolute atomic E-state index is 13.3. The second-order valence-electron chi connectivity index (χ2n) is 8.25. The van der Waals surface area contributed by atoms with Crippen molar-refractivity contribution in [2.75, 3.05) is 32.5 Å². The molecule has 2 amide bonds. The van der Waals surface area contributed by atoms with Gasteiger partial charge in [0.15, 0.2) is 5.78 Å². The van der Waals surface area contributed by atoms with Crippen LogP contribution in [-0.4, -0.2) is 70.0 Å². The summed E-state index contributed by atoms with van der Waals surface area (Å²) in [6, 6.07) is 6.70. The molecule has 2 N–H and O–H groups in total. The molecule has 0 bridgehead atoms. The minimum absolute atomic E-state index is 0.0476. The summed E-state index contributed by atoms with van der Waals surface area (Å²) in [4.78, 5) is 41.3. The number of hydrogen-bond donors (Lipinski definition) is 1. The van der Waals surface area contributed by atoms with Crippen molar-refractivity contribution in [1.82, 2.24) is 19.6 Å². The summed E-state index contributed by atoms with van der Waals surface area (Å²) in [7, 11) is 1.59. The predicted molar refractivity (Wildman–Crippen MR) is 119 cm³/mol. The number of ketones is 1. The molecule has 2 aliphatic heterocycles. The maximum atomic E-state index is 13.3. The van der Waals surface area contributed by atoms with Crippen molar-refractivity contribution in [1.29, 1.82) is 0 Å². The van der Waals surface area contributed by atoms with Crippen molar-refractivity contribution >= 4 is 23.4 Å². The summed E-state index contributed by atoms with van der Waals surface area (Å²) in [5, 5.41) is 4.29. The number of anilines is 1. The van der Waals surface area contributed by atoms with Gasteiger partial charge >= 0.3 is 0 Å². The molecule has 2 aromatic rings. The van der Waals surface area contributed by atoms with Gasteiger partial charge in [-0.1, -0.05) is 0 Å². The third kappa shape index (κ3) is 4.32. The Hall–Kier alpha value is -3.36. The molecule has 3 heterocycles. The fourth-order valence-electron chi connectivity index (χ4n) is 4.50. The van der Waals surface area contributed by atoms with E-state index in [4.69, 9.17) is 10.5 Å². The first-order valence-corrected chi connectivity index (χ1v) is 11.1. The fraction of sp³-hybridized carbons (Fsp3) is 0.478. The van der Waals surface area contributed by atoms with E-state index in [0.29, 0.717) is 50.1 Å². The third-order valence-corrected chi connectivity index (χ3v) is 6.25. The lowest BCUT2D eigenvalue weighted by molar-refractivity contribution is -0.132. The van der Waals surface area contributed by atoms with Gasteiger partial charge in [0.05, 0.1) is 30.6 Å². The Bertz CT molecular complexity index is 1000. The zero-order valence-corrected chi connectivity index (χ0v) is 18.3. The zero-order valence-electron chi connectivity index (χ0n) is 18.3. The highest BCUT2D eigenvalue weighted by molar-refractivity contribution is 6.05. The SMILES string of the molecule is COc1ccc(-n2ncc(C(=O)[C@H]3CCCN3C(=O)CCCN3CCCC3=O)c2N)cc1. The number of methoxy groups -OCH3 is 1. The smallest absolute Gasteiger partial charge is 0.223 e. The lowest BCUT2D eigenvalue weighted by atomic mass is 10.0. The molecule has 9 nitrogen and oxygen atoms in total. The van der Waals surface area contributed by atoms with Crippen LogP contribution < -0.4 is 10.5 Å². The molecule has 0 spiro atoms. The zero-order chi connectivity index (χ0) is 22.7. The highest BCUT2D eigenvalue weighted by atomic mass is 16.5. The predicted octanol–water partition coefficient (Wildman–Crippen LogP) is 2.04. The molecular weight excluding hydrogens is 410 g/mol. The Morgan fingerprint density at radius 3 is 2.66 bits per heavy atom. The van der Waals surface area contributed by atoms with Gasteiger partial charge in [0.2, 0.25) is 11.8 Å². The Morgan fingerprint density at radius 1 is 1.19 bits per heavy atom. The van der Waals surface area contributed by atoms with Gasteiger partial charge in [0.25, 0.3) is 0 Å². The summed E-state index contributed by atoms with van der Waals surface area (Å²) < 4.78 is 6.69.